The number of amides is 3. The van der Waals surface area contributed by atoms with Crippen LogP contribution in [0.25, 0.3) is 0 Å². The van der Waals surface area contributed by atoms with Crippen LogP contribution in [0.3, 0.4) is 0 Å². The minimum atomic E-state index is -1.21. The summed E-state index contributed by atoms with van der Waals surface area (Å²) in [5.74, 6) is 1.41. The molecule has 2 N–H and O–H groups in total. The van der Waals surface area contributed by atoms with Gasteiger partial charge in [0, 0.05) is 17.7 Å². The molecular formula is C34H36N4O4. The quantitative estimate of drug-likeness (QED) is 0.265. The van der Waals surface area contributed by atoms with Gasteiger partial charge in [-0.05, 0) is 69.0 Å². The van der Waals surface area contributed by atoms with Crippen molar-refractivity contribution in [3.63, 3.8) is 0 Å². The summed E-state index contributed by atoms with van der Waals surface area (Å²) in [6.45, 7) is 8.49. The number of terminal acetylenes is 1. The number of alkyl carbamates (subject to hydrolysis) is 1. The fourth-order valence-corrected chi connectivity index (χ4v) is 4.51. The first-order chi connectivity index (χ1) is 19.9. The molecule has 0 fully saturated rings. The van der Waals surface area contributed by atoms with Crippen LogP contribution in [0.1, 0.15) is 54.6 Å². The number of hydrogen-bond donors (Lipinski definition) is 2. The van der Waals surface area contributed by atoms with E-state index in [-0.39, 0.29) is 6.42 Å². The number of rotatable bonds is 9. The van der Waals surface area contributed by atoms with Crippen molar-refractivity contribution in [2.45, 2.75) is 58.7 Å². The monoisotopic (exact) mass is 564 g/mol. The van der Waals surface area contributed by atoms with Gasteiger partial charge in [-0.25, -0.2) is 4.79 Å². The summed E-state index contributed by atoms with van der Waals surface area (Å²) in [5, 5.41) is 15.5. The van der Waals surface area contributed by atoms with Crippen LogP contribution in [-0.4, -0.2) is 41.0 Å². The lowest BCUT2D eigenvalue weighted by molar-refractivity contribution is -0.140. The normalized spacial score (nSPS) is 12.2. The van der Waals surface area contributed by atoms with Crippen LogP contribution in [0.5, 0.6) is 0 Å². The molecule has 0 radical (unpaired) electrons. The molecule has 3 amide bonds. The lowest BCUT2D eigenvalue weighted by Gasteiger charge is -2.33. The summed E-state index contributed by atoms with van der Waals surface area (Å²) in [6.07, 6.45) is 4.87. The van der Waals surface area contributed by atoms with E-state index in [2.05, 4.69) is 16.6 Å². The van der Waals surface area contributed by atoms with Crippen molar-refractivity contribution in [3.05, 3.63) is 101 Å². The van der Waals surface area contributed by atoms with Gasteiger partial charge >= 0.3 is 6.09 Å². The third-order valence-electron chi connectivity index (χ3n) is 6.48. The highest BCUT2D eigenvalue weighted by atomic mass is 16.6. The molecule has 8 nitrogen and oxygen atoms in total. The summed E-state index contributed by atoms with van der Waals surface area (Å²) in [7, 11) is 0. The van der Waals surface area contributed by atoms with Gasteiger partial charge in [0.15, 0.2) is 0 Å². The zero-order chi connectivity index (χ0) is 30.9. The molecule has 2 atom stereocenters. The minimum absolute atomic E-state index is 0.113. The van der Waals surface area contributed by atoms with Crippen molar-refractivity contribution in [3.8, 4) is 18.4 Å². The number of aryl methyl sites for hydroxylation is 2. The SMILES string of the molecule is C#Cc1ccc(C(C(=O)Nc2c(C)cccc2C)N(CC#N)C(=O)C(Cc2ccccc2)NC(=O)OC(C)(C)C)cc1. The number of carbonyl (C=O) groups excluding carboxylic acids is 3. The van der Waals surface area contributed by atoms with E-state index in [1.807, 2.05) is 68.4 Å². The van der Waals surface area contributed by atoms with E-state index >= 15 is 0 Å². The number of nitrogens with one attached hydrogen (secondary N) is 2. The topological polar surface area (TPSA) is 112 Å². The molecule has 0 aliphatic rings. The van der Waals surface area contributed by atoms with E-state index in [4.69, 9.17) is 11.2 Å². The molecule has 0 aromatic heterocycles. The number of nitrogens with zero attached hydrogens (tertiary/aromatic N) is 2. The Labute approximate surface area is 247 Å². The molecule has 0 bridgehead atoms. The van der Waals surface area contributed by atoms with Gasteiger partial charge in [0.2, 0.25) is 5.91 Å². The molecule has 0 spiro atoms. The van der Waals surface area contributed by atoms with Crippen LogP contribution in [0, 0.1) is 37.5 Å². The molecule has 3 rings (SSSR count). The van der Waals surface area contributed by atoms with Crippen molar-refractivity contribution in [2.75, 3.05) is 11.9 Å². The van der Waals surface area contributed by atoms with E-state index < -0.39 is 42.1 Å². The Morgan fingerprint density at radius 2 is 1.57 bits per heavy atom. The van der Waals surface area contributed by atoms with Gasteiger partial charge in [0.25, 0.3) is 5.91 Å². The van der Waals surface area contributed by atoms with Crippen LogP contribution in [0.2, 0.25) is 0 Å². The van der Waals surface area contributed by atoms with Gasteiger partial charge in [-0.2, -0.15) is 5.26 Å². The number of ether oxygens (including phenoxy) is 1. The van der Waals surface area contributed by atoms with Crippen LogP contribution in [0.15, 0.2) is 72.8 Å². The molecule has 0 aliphatic carbocycles. The highest BCUT2D eigenvalue weighted by Gasteiger charge is 2.36. The fourth-order valence-electron chi connectivity index (χ4n) is 4.51. The molecule has 0 aliphatic heterocycles. The van der Waals surface area contributed by atoms with Gasteiger partial charge in [0.1, 0.15) is 24.2 Å². The second-order valence-electron chi connectivity index (χ2n) is 10.9. The lowest BCUT2D eigenvalue weighted by atomic mass is 9.99. The summed E-state index contributed by atoms with van der Waals surface area (Å²) >= 11 is 0. The van der Waals surface area contributed by atoms with Crippen LogP contribution < -0.4 is 10.6 Å². The van der Waals surface area contributed by atoms with Gasteiger partial charge in [-0.3, -0.25) is 9.59 Å². The van der Waals surface area contributed by atoms with Crippen LogP contribution in [0.4, 0.5) is 10.5 Å². The third kappa shape index (κ3) is 8.46. The number of anilines is 1. The fraction of sp³-hybridized carbons (Fsp3) is 0.294. The number of hydrogen-bond acceptors (Lipinski definition) is 5. The number of carbonyl (C=O) groups is 3. The zero-order valence-electron chi connectivity index (χ0n) is 24.6. The van der Waals surface area contributed by atoms with E-state index in [9.17, 15) is 19.6 Å². The lowest BCUT2D eigenvalue weighted by Crippen LogP contribution is -2.53. The first-order valence-electron chi connectivity index (χ1n) is 13.6. The molecule has 216 valence electrons. The average Bonchev–Trinajstić information content (AvgIpc) is 2.94. The van der Waals surface area contributed by atoms with Gasteiger partial charge < -0.3 is 20.3 Å². The molecule has 0 saturated carbocycles. The van der Waals surface area contributed by atoms with E-state index in [1.54, 1.807) is 45.0 Å². The highest BCUT2D eigenvalue weighted by Crippen LogP contribution is 2.27. The summed E-state index contributed by atoms with van der Waals surface area (Å²) in [6, 6.07) is 21.1. The van der Waals surface area contributed by atoms with Crippen molar-refractivity contribution < 1.29 is 19.1 Å². The minimum Gasteiger partial charge on any atom is -0.444 e. The standard InChI is InChI=1S/C34H36N4O4/c1-7-25-16-18-27(19-17-25)30(31(39)37-29-23(2)12-11-13-24(29)3)38(21-20-35)32(40)28(22-26-14-9-8-10-15-26)36-33(41)42-34(4,5)6/h1,8-19,28,30H,21-22H2,2-6H3,(H,36,41)(H,37,39). The molecule has 0 heterocycles. The Hall–Kier alpha value is -5.08. The molecule has 8 heteroatoms. The molecular weight excluding hydrogens is 528 g/mol. The second-order valence-corrected chi connectivity index (χ2v) is 10.9. The van der Waals surface area contributed by atoms with Gasteiger partial charge in [-0.1, -0.05) is 66.6 Å². The van der Waals surface area contributed by atoms with Crippen molar-refractivity contribution in [1.29, 1.82) is 5.26 Å². The summed E-state index contributed by atoms with van der Waals surface area (Å²) in [4.78, 5) is 42.3. The largest absolute Gasteiger partial charge is 0.444 e. The van der Waals surface area contributed by atoms with Crippen molar-refractivity contribution in [1.82, 2.24) is 10.2 Å². The molecule has 2 unspecified atom stereocenters. The third-order valence-corrected chi connectivity index (χ3v) is 6.48. The Balaban J connectivity index is 2.08. The zero-order valence-corrected chi connectivity index (χ0v) is 24.6. The first-order valence-corrected chi connectivity index (χ1v) is 13.6. The van der Waals surface area contributed by atoms with E-state index in [0.29, 0.717) is 16.8 Å². The van der Waals surface area contributed by atoms with Gasteiger partial charge in [-0.15, -0.1) is 6.42 Å². The maximum atomic E-state index is 14.3. The predicted molar refractivity (Wildman–Crippen MR) is 162 cm³/mol. The number of benzene rings is 3. The Morgan fingerprint density at radius 3 is 2.12 bits per heavy atom. The Bertz CT molecular complexity index is 1480. The number of nitriles is 1. The van der Waals surface area contributed by atoms with Gasteiger partial charge in [0.05, 0.1) is 6.07 Å². The summed E-state index contributed by atoms with van der Waals surface area (Å²) < 4.78 is 5.44. The maximum Gasteiger partial charge on any atom is 0.408 e. The maximum absolute atomic E-state index is 14.3. The van der Waals surface area contributed by atoms with Crippen molar-refractivity contribution in [2.24, 2.45) is 0 Å². The molecule has 0 saturated heterocycles. The molecule has 42 heavy (non-hydrogen) atoms. The average molecular weight is 565 g/mol. The number of para-hydroxylation sites is 1. The predicted octanol–water partition coefficient (Wildman–Crippen LogP) is 5.45. The van der Waals surface area contributed by atoms with Crippen molar-refractivity contribution >= 4 is 23.6 Å². The Morgan fingerprint density at radius 1 is 0.952 bits per heavy atom. The van der Waals surface area contributed by atoms with E-state index in [1.165, 1.54) is 4.90 Å². The first kappa shape index (κ1) is 31.4. The smallest absolute Gasteiger partial charge is 0.408 e. The van der Waals surface area contributed by atoms with Crippen LogP contribution in [-0.2, 0) is 20.7 Å². The molecule has 3 aromatic carbocycles. The van der Waals surface area contributed by atoms with Crippen LogP contribution >= 0.6 is 0 Å². The molecule has 3 aromatic rings. The highest BCUT2D eigenvalue weighted by molar-refractivity contribution is 6.00. The van der Waals surface area contributed by atoms with E-state index in [0.717, 1.165) is 16.7 Å². The summed E-state index contributed by atoms with van der Waals surface area (Å²) in [5.41, 5.74) is 3.33. The Kier molecular flexibility index (Phi) is 10.5. The second kappa shape index (κ2) is 14.0.